The molecule has 0 aromatic carbocycles. The highest BCUT2D eigenvalue weighted by Gasteiger charge is 2.19. The van der Waals surface area contributed by atoms with Crippen LogP contribution >= 0.6 is 0 Å². The van der Waals surface area contributed by atoms with Crippen LogP contribution in [0.1, 0.15) is 233 Å². The van der Waals surface area contributed by atoms with E-state index in [2.05, 4.69) is 69.4 Å². The molecule has 56 heavy (non-hydrogen) atoms. The third kappa shape index (κ3) is 42.5. The van der Waals surface area contributed by atoms with Crippen LogP contribution in [0.4, 0.5) is 0 Å². The maximum Gasteiger partial charge on any atom is 0.306 e. The van der Waals surface area contributed by atoms with E-state index in [1.807, 2.05) is 0 Å². The van der Waals surface area contributed by atoms with E-state index in [9.17, 15) is 14.4 Å². The molecule has 0 amide bonds. The Bertz CT molecular complexity index is 996. The number of esters is 3. The van der Waals surface area contributed by atoms with E-state index >= 15 is 0 Å². The molecule has 0 aliphatic carbocycles. The molecule has 0 bridgehead atoms. The van der Waals surface area contributed by atoms with Crippen molar-refractivity contribution in [3.63, 3.8) is 0 Å². The average Bonchev–Trinajstić information content (AvgIpc) is 3.19. The Balaban J connectivity index is 4.41. The molecule has 0 spiro atoms. The van der Waals surface area contributed by atoms with Crippen molar-refractivity contribution in [2.75, 3.05) is 13.2 Å². The van der Waals surface area contributed by atoms with E-state index in [0.29, 0.717) is 19.3 Å². The zero-order valence-electron chi connectivity index (χ0n) is 36.9. The van der Waals surface area contributed by atoms with Gasteiger partial charge >= 0.3 is 17.9 Å². The van der Waals surface area contributed by atoms with Crippen LogP contribution in [0.15, 0.2) is 48.6 Å². The summed E-state index contributed by atoms with van der Waals surface area (Å²) in [6.45, 7) is 6.51. The van der Waals surface area contributed by atoms with Gasteiger partial charge in [0.15, 0.2) is 6.10 Å². The van der Waals surface area contributed by atoms with Gasteiger partial charge in [0.05, 0.1) is 0 Å². The molecular weight excluding hydrogens is 697 g/mol. The smallest absolute Gasteiger partial charge is 0.306 e. The maximum absolute atomic E-state index is 12.7. The lowest BCUT2D eigenvalue weighted by Gasteiger charge is -2.18. The van der Waals surface area contributed by atoms with Gasteiger partial charge in [-0.15, -0.1) is 0 Å². The van der Waals surface area contributed by atoms with Gasteiger partial charge in [0.2, 0.25) is 0 Å². The summed E-state index contributed by atoms with van der Waals surface area (Å²) in [6.07, 6.45) is 52.3. The van der Waals surface area contributed by atoms with E-state index in [1.54, 1.807) is 0 Å². The fourth-order valence-corrected chi connectivity index (χ4v) is 6.41. The molecule has 324 valence electrons. The Morgan fingerprint density at radius 2 is 0.661 bits per heavy atom. The first-order chi connectivity index (χ1) is 27.5. The third-order valence-corrected chi connectivity index (χ3v) is 10.1. The van der Waals surface area contributed by atoms with E-state index < -0.39 is 6.10 Å². The quantitative estimate of drug-likeness (QED) is 0.0265. The number of allylic oxidation sites excluding steroid dienone is 8. The minimum atomic E-state index is -0.781. The van der Waals surface area contributed by atoms with Gasteiger partial charge in [0.1, 0.15) is 13.2 Å². The highest BCUT2D eigenvalue weighted by molar-refractivity contribution is 5.71. The normalized spacial score (nSPS) is 12.4. The van der Waals surface area contributed by atoms with E-state index in [-0.39, 0.29) is 31.1 Å². The van der Waals surface area contributed by atoms with Crippen LogP contribution in [-0.4, -0.2) is 37.2 Å². The lowest BCUT2D eigenvalue weighted by molar-refractivity contribution is -0.167. The lowest BCUT2D eigenvalue weighted by Crippen LogP contribution is -2.30. The van der Waals surface area contributed by atoms with Crippen molar-refractivity contribution in [3.05, 3.63) is 48.6 Å². The molecule has 0 saturated heterocycles. The zero-order valence-corrected chi connectivity index (χ0v) is 36.9. The Morgan fingerprint density at radius 1 is 0.357 bits per heavy atom. The van der Waals surface area contributed by atoms with Crippen molar-refractivity contribution in [1.82, 2.24) is 0 Å². The number of ether oxygens (including phenoxy) is 3. The largest absolute Gasteiger partial charge is 0.462 e. The topological polar surface area (TPSA) is 78.9 Å². The predicted octanol–water partition coefficient (Wildman–Crippen LogP) is 15.1. The first-order valence-corrected chi connectivity index (χ1v) is 23.6. The number of rotatable bonds is 42. The summed E-state index contributed by atoms with van der Waals surface area (Å²) in [7, 11) is 0. The minimum absolute atomic E-state index is 0.0821. The molecule has 0 aliphatic rings. The van der Waals surface area contributed by atoms with E-state index in [4.69, 9.17) is 14.2 Å². The number of hydrogen-bond acceptors (Lipinski definition) is 6. The third-order valence-electron chi connectivity index (χ3n) is 10.1. The highest BCUT2D eigenvalue weighted by Crippen LogP contribution is 2.14. The minimum Gasteiger partial charge on any atom is -0.462 e. The Labute approximate surface area is 346 Å². The second kappa shape index (κ2) is 45.1. The molecule has 0 aliphatic heterocycles. The second-order valence-corrected chi connectivity index (χ2v) is 15.7. The molecule has 0 N–H and O–H groups in total. The van der Waals surface area contributed by atoms with Gasteiger partial charge in [-0.05, 0) is 70.6 Å². The fraction of sp³-hybridized carbons (Fsp3) is 0.780. The average molecular weight is 785 g/mol. The SMILES string of the molecule is CCCC/C=C\C/C=C\CCCCCCCC(=O)OC[C@@H](COC(=O)CCCCCCCCCCCC)OC(=O)CCCCCCC/C=C\C/C=C\CCCC. The van der Waals surface area contributed by atoms with Gasteiger partial charge < -0.3 is 14.2 Å². The van der Waals surface area contributed by atoms with Crippen molar-refractivity contribution < 1.29 is 28.6 Å². The van der Waals surface area contributed by atoms with Gasteiger partial charge in [-0.25, -0.2) is 0 Å². The zero-order chi connectivity index (χ0) is 40.8. The lowest BCUT2D eigenvalue weighted by atomic mass is 10.1. The summed E-state index contributed by atoms with van der Waals surface area (Å²) in [4.78, 5) is 37.8. The molecule has 0 saturated carbocycles. The monoisotopic (exact) mass is 785 g/mol. The molecule has 0 fully saturated rings. The predicted molar refractivity (Wildman–Crippen MR) is 238 cm³/mol. The van der Waals surface area contributed by atoms with Crippen molar-refractivity contribution >= 4 is 17.9 Å². The number of unbranched alkanes of at least 4 members (excludes halogenated alkanes) is 23. The highest BCUT2D eigenvalue weighted by atomic mass is 16.6. The molecule has 0 heterocycles. The summed E-state index contributed by atoms with van der Waals surface area (Å²) >= 11 is 0. The number of carbonyl (C=O) groups is 3. The van der Waals surface area contributed by atoms with Crippen molar-refractivity contribution in [2.24, 2.45) is 0 Å². The van der Waals surface area contributed by atoms with Crippen LogP contribution in [0.3, 0.4) is 0 Å². The number of hydrogen-bond donors (Lipinski definition) is 0. The van der Waals surface area contributed by atoms with Crippen LogP contribution < -0.4 is 0 Å². The fourth-order valence-electron chi connectivity index (χ4n) is 6.41. The van der Waals surface area contributed by atoms with Crippen molar-refractivity contribution in [2.45, 2.75) is 239 Å². The summed E-state index contributed by atoms with van der Waals surface area (Å²) in [5, 5.41) is 0. The van der Waals surface area contributed by atoms with Crippen LogP contribution in [0, 0.1) is 0 Å². The van der Waals surface area contributed by atoms with Gasteiger partial charge in [-0.1, -0.05) is 191 Å². The van der Waals surface area contributed by atoms with Crippen LogP contribution in [0.25, 0.3) is 0 Å². The molecular formula is C50H88O6. The molecule has 0 aromatic rings. The summed E-state index contributed by atoms with van der Waals surface area (Å²) < 4.78 is 16.7. The van der Waals surface area contributed by atoms with Crippen molar-refractivity contribution in [3.8, 4) is 0 Å². The Morgan fingerprint density at radius 3 is 1.04 bits per heavy atom. The molecule has 0 radical (unpaired) electrons. The number of carbonyl (C=O) groups excluding carboxylic acids is 3. The maximum atomic E-state index is 12.7. The van der Waals surface area contributed by atoms with Gasteiger partial charge in [0.25, 0.3) is 0 Å². The standard InChI is InChI=1S/C50H88O6/c1-4-7-10-13-16-19-22-24-26-28-31-34-37-40-43-49(52)55-46-47(45-54-48(51)42-39-36-33-30-21-18-15-12-9-6-3)56-50(53)44-41-38-35-32-29-27-25-23-20-17-14-11-8-5-2/h13-14,16-17,22-25,47H,4-12,15,18-21,26-46H2,1-3H3/b16-13-,17-14-,24-22-,25-23-/t47-/m1/s1. The molecule has 6 heteroatoms. The first-order valence-electron chi connectivity index (χ1n) is 23.6. The molecule has 0 aromatic heterocycles. The van der Waals surface area contributed by atoms with Crippen molar-refractivity contribution in [1.29, 1.82) is 0 Å². The van der Waals surface area contributed by atoms with Gasteiger partial charge in [0, 0.05) is 19.3 Å². The van der Waals surface area contributed by atoms with Crippen LogP contribution in [0.5, 0.6) is 0 Å². The van der Waals surface area contributed by atoms with Gasteiger partial charge in [-0.2, -0.15) is 0 Å². The summed E-state index contributed by atoms with van der Waals surface area (Å²) in [5.41, 5.74) is 0. The Hall–Kier alpha value is -2.63. The Kier molecular flexibility index (Phi) is 43.0. The van der Waals surface area contributed by atoms with Crippen LogP contribution in [-0.2, 0) is 28.6 Å². The van der Waals surface area contributed by atoms with E-state index in [0.717, 1.165) is 103 Å². The van der Waals surface area contributed by atoms with Crippen LogP contribution in [0.2, 0.25) is 0 Å². The molecule has 1 atom stereocenters. The summed E-state index contributed by atoms with van der Waals surface area (Å²) in [6, 6.07) is 0. The summed E-state index contributed by atoms with van der Waals surface area (Å²) in [5.74, 6) is -0.911. The van der Waals surface area contributed by atoms with E-state index in [1.165, 1.54) is 89.9 Å². The second-order valence-electron chi connectivity index (χ2n) is 15.7. The van der Waals surface area contributed by atoms with Gasteiger partial charge in [-0.3, -0.25) is 14.4 Å². The molecule has 6 nitrogen and oxygen atoms in total. The first kappa shape index (κ1) is 53.4. The molecule has 0 rings (SSSR count). The molecule has 0 unspecified atom stereocenters.